The van der Waals surface area contributed by atoms with Crippen LogP contribution < -0.4 is 5.32 Å². The van der Waals surface area contributed by atoms with Crippen LogP contribution in [0.4, 0.5) is 0 Å². The number of fused-ring (bicyclic) bond motifs is 1. The Labute approximate surface area is 179 Å². The number of aromatic nitrogens is 1. The molecule has 1 N–H and O–H groups in total. The molecule has 0 spiro atoms. The van der Waals surface area contributed by atoms with Gasteiger partial charge < -0.3 is 19.5 Å². The summed E-state index contributed by atoms with van der Waals surface area (Å²) in [6, 6.07) is 5.67. The van der Waals surface area contributed by atoms with Crippen molar-refractivity contribution in [1.29, 1.82) is 0 Å². The molecular weight excluding hydrogens is 410 g/mol. The molecule has 2 aromatic rings. The quantitative estimate of drug-likeness (QED) is 0.764. The molecule has 0 bridgehead atoms. The molecule has 4 heterocycles. The third-order valence-electron chi connectivity index (χ3n) is 5.84. The fourth-order valence-corrected chi connectivity index (χ4v) is 5.40. The lowest BCUT2D eigenvalue weighted by molar-refractivity contribution is 0.0683. The number of ether oxygens (including phenoxy) is 1. The van der Waals surface area contributed by atoms with E-state index in [0.717, 1.165) is 36.4 Å². The van der Waals surface area contributed by atoms with Gasteiger partial charge in [0.05, 0.1) is 34.8 Å². The van der Waals surface area contributed by atoms with Crippen molar-refractivity contribution in [3.63, 3.8) is 0 Å². The Hall–Kier alpha value is -1.83. The molecular formula is C21H26ClN3O3S. The van der Waals surface area contributed by atoms with Crippen LogP contribution in [-0.2, 0) is 17.9 Å². The number of hydrogen-bond donors (Lipinski definition) is 1. The van der Waals surface area contributed by atoms with Gasteiger partial charge in [-0.3, -0.25) is 9.59 Å². The minimum Gasteiger partial charge on any atom is -0.373 e. The molecule has 2 amide bonds. The lowest BCUT2D eigenvalue weighted by Crippen LogP contribution is -2.35. The second-order valence-corrected chi connectivity index (χ2v) is 9.41. The number of nitrogens with one attached hydrogen (secondary N) is 1. The predicted octanol–water partition coefficient (Wildman–Crippen LogP) is 4.24. The van der Waals surface area contributed by atoms with E-state index in [1.165, 1.54) is 11.3 Å². The molecule has 4 rings (SSSR count). The van der Waals surface area contributed by atoms with Crippen LogP contribution in [0, 0.1) is 0 Å². The maximum atomic E-state index is 13.2. The topological polar surface area (TPSA) is 63.6 Å². The van der Waals surface area contributed by atoms with Crippen LogP contribution in [0.2, 0.25) is 4.34 Å². The molecule has 0 aromatic carbocycles. The van der Waals surface area contributed by atoms with Crippen molar-refractivity contribution in [1.82, 2.24) is 14.8 Å². The van der Waals surface area contributed by atoms with E-state index in [2.05, 4.69) is 12.2 Å². The van der Waals surface area contributed by atoms with E-state index in [-0.39, 0.29) is 23.9 Å². The minimum atomic E-state index is -0.177. The summed E-state index contributed by atoms with van der Waals surface area (Å²) >= 11 is 7.54. The summed E-state index contributed by atoms with van der Waals surface area (Å²) in [6.45, 7) is 6.36. The number of carbonyl (C=O) groups excluding carboxylic acids is 2. The normalized spacial score (nSPS) is 19.8. The molecule has 2 aromatic heterocycles. The number of halogens is 1. The lowest BCUT2D eigenvalue weighted by atomic mass is 10.1. The highest BCUT2D eigenvalue weighted by Crippen LogP contribution is 2.30. The monoisotopic (exact) mass is 435 g/mol. The zero-order valence-electron chi connectivity index (χ0n) is 16.7. The largest absolute Gasteiger partial charge is 0.373 e. The van der Waals surface area contributed by atoms with Crippen molar-refractivity contribution in [2.24, 2.45) is 0 Å². The Kier molecular flexibility index (Phi) is 5.99. The van der Waals surface area contributed by atoms with E-state index in [1.54, 1.807) is 6.07 Å². The van der Waals surface area contributed by atoms with Crippen LogP contribution in [-0.4, -0.2) is 40.5 Å². The third kappa shape index (κ3) is 3.96. The number of nitrogens with zero attached hydrogens (tertiary/aromatic N) is 2. The molecule has 29 heavy (non-hydrogen) atoms. The van der Waals surface area contributed by atoms with Gasteiger partial charge in [-0.1, -0.05) is 18.5 Å². The number of rotatable bonds is 5. The average molecular weight is 436 g/mol. The summed E-state index contributed by atoms with van der Waals surface area (Å²) in [7, 11) is 0. The van der Waals surface area contributed by atoms with Crippen molar-refractivity contribution >= 4 is 34.8 Å². The summed E-state index contributed by atoms with van der Waals surface area (Å²) in [6.07, 6.45) is 2.81. The molecule has 0 unspecified atom stereocenters. The third-order valence-corrected chi connectivity index (χ3v) is 7.18. The zero-order valence-corrected chi connectivity index (χ0v) is 18.3. The smallest absolute Gasteiger partial charge is 0.270 e. The Morgan fingerprint density at radius 1 is 1.38 bits per heavy atom. The molecule has 1 saturated heterocycles. The van der Waals surface area contributed by atoms with Gasteiger partial charge >= 0.3 is 0 Å². The van der Waals surface area contributed by atoms with E-state index < -0.39 is 0 Å². The number of carbonyl (C=O) groups is 2. The first-order valence-corrected chi connectivity index (χ1v) is 11.4. The Morgan fingerprint density at radius 2 is 2.21 bits per heavy atom. The molecule has 0 aliphatic carbocycles. The first kappa shape index (κ1) is 20.4. The van der Waals surface area contributed by atoms with E-state index >= 15 is 0 Å². The van der Waals surface area contributed by atoms with Crippen molar-refractivity contribution in [3.05, 3.63) is 44.4 Å². The fourth-order valence-electron chi connectivity index (χ4n) is 4.21. The van der Waals surface area contributed by atoms with Crippen molar-refractivity contribution in [2.45, 2.75) is 58.3 Å². The minimum absolute atomic E-state index is 0.00859. The molecule has 0 saturated carbocycles. The fraction of sp³-hybridized carbons (Fsp3) is 0.524. The van der Waals surface area contributed by atoms with Crippen LogP contribution in [0.5, 0.6) is 0 Å². The summed E-state index contributed by atoms with van der Waals surface area (Å²) in [5.74, 6) is -0.168. The molecule has 1 fully saturated rings. The van der Waals surface area contributed by atoms with Crippen LogP contribution in [0.3, 0.4) is 0 Å². The summed E-state index contributed by atoms with van der Waals surface area (Å²) in [5, 5.41) is 3.11. The molecule has 156 valence electrons. The van der Waals surface area contributed by atoms with Crippen LogP contribution in [0.15, 0.2) is 18.2 Å². The van der Waals surface area contributed by atoms with E-state index in [4.69, 9.17) is 16.3 Å². The maximum Gasteiger partial charge on any atom is 0.270 e. The maximum absolute atomic E-state index is 13.2. The average Bonchev–Trinajstić information content (AvgIpc) is 3.43. The molecule has 2 aliphatic rings. The van der Waals surface area contributed by atoms with Gasteiger partial charge in [0.15, 0.2) is 0 Å². The van der Waals surface area contributed by atoms with Gasteiger partial charge in [-0.25, -0.2) is 0 Å². The molecule has 2 atom stereocenters. The van der Waals surface area contributed by atoms with Crippen LogP contribution in [0.1, 0.15) is 70.6 Å². The second-order valence-electron chi connectivity index (χ2n) is 7.66. The summed E-state index contributed by atoms with van der Waals surface area (Å²) in [5.41, 5.74) is 1.90. The number of thiophene rings is 1. The Morgan fingerprint density at radius 3 is 2.86 bits per heavy atom. The van der Waals surface area contributed by atoms with Crippen molar-refractivity contribution in [3.8, 4) is 0 Å². The van der Waals surface area contributed by atoms with Crippen molar-refractivity contribution in [2.75, 3.05) is 13.2 Å². The zero-order chi connectivity index (χ0) is 20.5. The van der Waals surface area contributed by atoms with Gasteiger partial charge in [-0.05, 0) is 44.4 Å². The van der Waals surface area contributed by atoms with Crippen molar-refractivity contribution < 1.29 is 14.3 Å². The standard InChI is InChI=1S/C21H26ClN3O3S/c1-3-15(18-6-7-19(22)29-18)23-20(26)14-11-16(25-9-10-28-12-17(14)25)21(27)24-8-4-5-13(24)2/h6-7,11,13,15H,3-5,8-10,12H2,1-2H3,(H,23,26)/t13-,15+/m0/s1. The predicted molar refractivity (Wildman–Crippen MR) is 114 cm³/mol. The number of hydrogen-bond acceptors (Lipinski definition) is 4. The summed E-state index contributed by atoms with van der Waals surface area (Å²) < 4.78 is 8.28. The van der Waals surface area contributed by atoms with Gasteiger partial charge in [0.2, 0.25) is 0 Å². The van der Waals surface area contributed by atoms with Crippen LogP contribution >= 0.6 is 22.9 Å². The molecule has 6 nitrogen and oxygen atoms in total. The van der Waals surface area contributed by atoms with Gasteiger partial charge in [0.25, 0.3) is 11.8 Å². The van der Waals surface area contributed by atoms with E-state index in [0.29, 0.717) is 35.4 Å². The lowest BCUT2D eigenvalue weighted by Gasteiger charge is -2.24. The van der Waals surface area contributed by atoms with Gasteiger partial charge in [0, 0.05) is 24.0 Å². The second kappa shape index (κ2) is 8.50. The van der Waals surface area contributed by atoms with Crippen LogP contribution in [0.25, 0.3) is 0 Å². The SMILES string of the molecule is CC[C@@H](NC(=O)c1cc(C(=O)N2CCC[C@@H]2C)n2c1COCC2)c1ccc(Cl)s1. The van der Waals surface area contributed by atoms with Gasteiger partial charge in [-0.15, -0.1) is 11.3 Å². The van der Waals surface area contributed by atoms with Gasteiger partial charge in [-0.2, -0.15) is 0 Å². The highest BCUT2D eigenvalue weighted by molar-refractivity contribution is 7.16. The Balaban J connectivity index is 1.62. The summed E-state index contributed by atoms with van der Waals surface area (Å²) in [4.78, 5) is 29.3. The first-order chi connectivity index (χ1) is 14.0. The number of amides is 2. The molecule has 0 radical (unpaired) electrons. The number of likely N-dealkylation sites (tertiary alicyclic amines) is 1. The highest BCUT2D eigenvalue weighted by atomic mass is 35.5. The highest BCUT2D eigenvalue weighted by Gasteiger charge is 2.32. The van der Waals surface area contributed by atoms with E-state index in [1.807, 2.05) is 28.5 Å². The molecule has 2 aliphatic heterocycles. The molecule has 8 heteroatoms. The first-order valence-electron chi connectivity index (χ1n) is 10.2. The van der Waals surface area contributed by atoms with E-state index in [9.17, 15) is 9.59 Å². The van der Waals surface area contributed by atoms with Gasteiger partial charge in [0.1, 0.15) is 5.69 Å². The Bertz CT molecular complexity index is 922.